The zero-order valence-electron chi connectivity index (χ0n) is 14.8. The van der Waals surface area contributed by atoms with Crippen LogP contribution in [-0.4, -0.2) is 35.9 Å². The van der Waals surface area contributed by atoms with Crippen LogP contribution in [-0.2, 0) is 9.59 Å². The van der Waals surface area contributed by atoms with Gasteiger partial charge in [0.1, 0.15) is 11.8 Å². The fraction of sp³-hybridized carbons (Fsp3) is 0.158. The molecule has 0 radical (unpaired) electrons. The number of methoxy groups -OCH3 is 1. The number of fused-ring (bicyclic) bond motifs is 2. The molecule has 0 spiro atoms. The molecule has 1 aliphatic rings. The van der Waals surface area contributed by atoms with E-state index in [1.807, 2.05) is 6.07 Å². The Balaban J connectivity index is 1.46. The maximum absolute atomic E-state index is 12.4. The van der Waals surface area contributed by atoms with Gasteiger partial charge < -0.3 is 20.7 Å². The molecule has 0 fully saturated rings. The first-order valence-corrected chi connectivity index (χ1v) is 9.30. The Morgan fingerprint density at radius 2 is 2.07 bits per heavy atom. The average molecular weight is 396 g/mol. The molecule has 142 valence electrons. The highest BCUT2D eigenvalue weighted by atomic mass is 32.1. The van der Waals surface area contributed by atoms with Crippen molar-refractivity contribution in [2.45, 2.75) is 12.5 Å². The third kappa shape index (κ3) is 3.52. The third-order valence-corrected chi connectivity index (χ3v) is 5.22. The molecule has 2 aromatic carbocycles. The molecule has 8 nitrogen and oxygen atoms in total. The molecule has 4 rings (SSSR count). The van der Waals surface area contributed by atoms with Crippen molar-refractivity contribution in [3.8, 4) is 5.75 Å². The molecule has 3 aromatic rings. The summed E-state index contributed by atoms with van der Waals surface area (Å²) >= 11 is 1.30. The first-order chi connectivity index (χ1) is 13.5. The Hall–Kier alpha value is -3.46. The number of carbonyl (C=O) groups excluding carboxylic acids is 3. The van der Waals surface area contributed by atoms with Gasteiger partial charge >= 0.3 is 0 Å². The third-order valence-electron chi connectivity index (χ3n) is 4.28. The minimum atomic E-state index is -0.977. The second-order valence-corrected chi connectivity index (χ2v) is 7.20. The number of nitrogens with zero attached hydrogens (tertiary/aromatic N) is 1. The van der Waals surface area contributed by atoms with E-state index in [-0.39, 0.29) is 6.42 Å². The van der Waals surface area contributed by atoms with Gasteiger partial charge in [-0.25, -0.2) is 4.98 Å². The van der Waals surface area contributed by atoms with E-state index in [9.17, 15) is 14.4 Å². The highest BCUT2D eigenvalue weighted by Crippen LogP contribution is 2.29. The van der Waals surface area contributed by atoms with E-state index in [1.165, 1.54) is 11.3 Å². The minimum Gasteiger partial charge on any atom is -0.497 e. The second kappa shape index (κ2) is 7.28. The Kier molecular flexibility index (Phi) is 4.66. The molecular weight excluding hydrogens is 380 g/mol. The van der Waals surface area contributed by atoms with Gasteiger partial charge in [0.05, 0.1) is 35.0 Å². The number of carbonyl (C=O) groups is 3. The summed E-state index contributed by atoms with van der Waals surface area (Å²) in [6.45, 7) is 0. The standard InChI is InChI=1S/C19H16N4O4S/c1-27-10-6-7-13-15(8-10)28-19(22-13)23-16(24)9-14-18(26)20-12-5-3-2-4-11(12)17(25)21-14/h2-8,14H,9H2,1H3,(H,20,26)(H,21,25)(H,22,23,24)/t14-/m1/s1. The first-order valence-electron chi connectivity index (χ1n) is 8.48. The van der Waals surface area contributed by atoms with Crippen molar-refractivity contribution >= 4 is 50.1 Å². The molecule has 3 amide bonds. The lowest BCUT2D eigenvalue weighted by molar-refractivity contribution is -0.122. The van der Waals surface area contributed by atoms with Crippen molar-refractivity contribution in [2.24, 2.45) is 0 Å². The fourth-order valence-electron chi connectivity index (χ4n) is 2.90. The summed E-state index contributed by atoms with van der Waals surface area (Å²) in [5, 5.41) is 8.38. The predicted octanol–water partition coefficient (Wildman–Crippen LogP) is 2.38. The van der Waals surface area contributed by atoms with Gasteiger partial charge in [0.25, 0.3) is 5.91 Å². The van der Waals surface area contributed by atoms with Crippen LogP contribution in [0.15, 0.2) is 42.5 Å². The summed E-state index contributed by atoms with van der Waals surface area (Å²) in [4.78, 5) is 41.5. The van der Waals surface area contributed by atoms with Crippen LogP contribution in [0.25, 0.3) is 10.2 Å². The molecule has 0 bridgehead atoms. The zero-order valence-corrected chi connectivity index (χ0v) is 15.6. The van der Waals surface area contributed by atoms with E-state index in [4.69, 9.17) is 4.74 Å². The van der Waals surface area contributed by atoms with Gasteiger partial charge in [0, 0.05) is 0 Å². The highest BCUT2D eigenvalue weighted by Gasteiger charge is 2.29. The van der Waals surface area contributed by atoms with E-state index in [1.54, 1.807) is 43.5 Å². The van der Waals surface area contributed by atoms with Gasteiger partial charge in [-0.3, -0.25) is 14.4 Å². The number of aromatic nitrogens is 1. The maximum Gasteiger partial charge on any atom is 0.254 e. The summed E-state index contributed by atoms with van der Waals surface area (Å²) in [6.07, 6.45) is -0.204. The van der Waals surface area contributed by atoms with Gasteiger partial charge in [-0.15, -0.1) is 0 Å². The average Bonchev–Trinajstić information content (AvgIpc) is 3.03. The lowest BCUT2D eigenvalue weighted by Gasteiger charge is -2.13. The maximum atomic E-state index is 12.4. The van der Waals surface area contributed by atoms with Crippen LogP contribution < -0.4 is 20.7 Å². The predicted molar refractivity (Wildman–Crippen MR) is 106 cm³/mol. The monoisotopic (exact) mass is 396 g/mol. The van der Waals surface area contributed by atoms with Gasteiger partial charge in [0.2, 0.25) is 11.8 Å². The minimum absolute atomic E-state index is 0.204. The van der Waals surface area contributed by atoms with Crippen molar-refractivity contribution in [1.29, 1.82) is 0 Å². The largest absolute Gasteiger partial charge is 0.497 e. The number of nitrogens with one attached hydrogen (secondary N) is 3. The highest BCUT2D eigenvalue weighted by molar-refractivity contribution is 7.22. The van der Waals surface area contributed by atoms with E-state index < -0.39 is 23.8 Å². The summed E-state index contributed by atoms with van der Waals surface area (Å²) in [5.41, 5.74) is 1.52. The Morgan fingerprint density at radius 3 is 2.89 bits per heavy atom. The van der Waals surface area contributed by atoms with E-state index in [2.05, 4.69) is 20.9 Å². The molecule has 0 saturated carbocycles. The van der Waals surface area contributed by atoms with Crippen LogP contribution in [0.5, 0.6) is 5.75 Å². The van der Waals surface area contributed by atoms with Crippen LogP contribution in [0.3, 0.4) is 0 Å². The number of thiazole rings is 1. The number of ether oxygens (including phenoxy) is 1. The first kappa shape index (κ1) is 17.9. The Labute approximate surface area is 163 Å². The summed E-state index contributed by atoms with van der Waals surface area (Å²) in [7, 11) is 1.58. The van der Waals surface area contributed by atoms with Crippen molar-refractivity contribution in [2.75, 3.05) is 17.7 Å². The number of benzene rings is 2. The normalized spacial score (nSPS) is 16.0. The summed E-state index contributed by atoms with van der Waals surface area (Å²) in [5.74, 6) is -0.565. The molecule has 0 aliphatic carbocycles. The van der Waals surface area contributed by atoms with Gasteiger partial charge in [0.15, 0.2) is 5.13 Å². The van der Waals surface area contributed by atoms with Crippen LogP contribution in [0.1, 0.15) is 16.8 Å². The van der Waals surface area contributed by atoms with E-state index in [0.717, 1.165) is 10.2 Å². The van der Waals surface area contributed by atoms with Crippen LogP contribution in [0.4, 0.5) is 10.8 Å². The smallest absolute Gasteiger partial charge is 0.254 e. The van der Waals surface area contributed by atoms with Crippen molar-refractivity contribution in [1.82, 2.24) is 10.3 Å². The number of anilines is 2. The molecule has 1 aromatic heterocycles. The second-order valence-electron chi connectivity index (χ2n) is 6.17. The van der Waals surface area contributed by atoms with E-state index in [0.29, 0.717) is 22.1 Å². The van der Waals surface area contributed by atoms with Gasteiger partial charge in [-0.05, 0) is 30.3 Å². The number of rotatable bonds is 4. The molecular formula is C19H16N4O4S. The molecule has 1 aliphatic heterocycles. The lowest BCUT2D eigenvalue weighted by Crippen LogP contribution is -2.43. The van der Waals surface area contributed by atoms with Crippen molar-refractivity contribution < 1.29 is 19.1 Å². The molecule has 0 unspecified atom stereocenters. The van der Waals surface area contributed by atoms with Crippen molar-refractivity contribution in [3.05, 3.63) is 48.0 Å². The topological polar surface area (TPSA) is 109 Å². The number of para-hydroxylation sites is 1. The zero-order chi connectivity index (χ0) is 19.7. The number of hydrogen-bond acceptors (Lipinski definition) is 6. The fourth-order valence-corrected chi connectivity index (χ4v) is 3.81. The molecule has 3 N–H and O–H groups in total. The number of amides is 3. The van der Waals surface area contributed by atoms with Crippen LogP contribution >= 0.6 is 11.3 Å². The van der Waals surface area contributed by atoms with Gasteiger partial charge in [-0.1, -0.05) is 23.5 Å². The summed E-state index contributed by atoms with van der Waals surface area (Å²) < 4.78 is 6.05. The van der Waals surface area contributed by atoms with Crippen LogP contribution in [0, 0.1) is 0 Å². The lowest BCUT2D eigenvalue weighted by atomic mass is 10.1. The SMILES string of the molecule is COc1ccc2nc(NC(=O)C[C@H]3NC(=O)c4ccccc4NC3=O)sc2c1. The molecule has 28 heavy (non-hydrogen) atoms. The summed E-state index contributed by atoms with van der Waals surface area (Å²) in [6, 6.07) is 11.1. The van der Waals surface area contributed by atoms with Gasteiger partial charge in [-0.2, -0.15) is 0 Å². The molecule has 2 heterocycles. The molecule has 1 atom stereocenters. The Bertz CT molecular complexity index is 1090. The van der Waals surface area contributed by atoms with E-state index >= 15 is 0 Å². The quantitative estimate of drug-likeness (QED) is 0.627. The number of hydrogen-bond donors (Lipinski definition) is 3. The molecule has 9 heteroatoms. The molecule has 0 saturated heterocycles. The van der Waals surface area contributed by atoms with Crippen molar-refractivity contribution in [3.63, 3.8) is 0 Å². The van der Waals surface area contributed by atoms with Crippen LogP contribution in [0.2, 0.25) is 0 Å². The Morgan fingerprint density at radius 1 is 1.25 bits per heavy atom.